The monoisotopic (exact) mass is 385 g/mol. The third kappa shape index (κ3) is 3.80. The number of aliphatic hydroxyl groups excluding tert-OH is 1. The van der Waals surface area contributed by atoms with E-state index in [0.29, 0.717) is 17.2 Å². The van der Waals surface area contributed by atoms with Crippen molar-refractivity contribution in [2.45, 2.75) is 6.54 Å². The third-order valence-corrected chi connectivity index (χ3v) is 4.06. The Hall–Kier alpha value is -3.81. The van der Waals surface area contributed by atoms with Crippen molar-refractivity contribution < 1.29 is 28.6 Å². The molecular formula is C20H13F2NO5. The fourth-order valence-electron chi connectivity index (χ4n) is 2.73. The lowest BCUT2D eigenvalue weighted by molar-refractivity contribution is -0.146. The quantitative estimate of drug-likeness (QED) is 0.400. The molecule has 2 aromatic carbocycles. The van der Waals surface area contributed by atoms with Crippen molar-refractivity contribution in [1.82, 2.24) is 4.57 Å². The van der Waals surface area contributed by atoms with Gasteiger partial charge in [-0.05, 0) is 35.9 Å². The number of ketones is 1. The van der Waals surface area contributed by atoms with Crippen LogP contribution in [0.5, 0.6) is 0 Å². The molecule has 28 heavy (non-hydrogen) atoms. The Bertz CT molecular complexity index is 1180. The summed E-state index contributed by atoms with van der Waals surface area (Å²) in [5.74, 6) is -5.17. The largest absolute Gasteiger partial charge is 0.507 e. The first-order valence-electron chi connectivity index (χ1n) is 8.01. The number of carboxylic acid groups (broad SMARTS) is 1. The van der Waals surface area contributed by atoms with E-state index in [1.807, 2.05) is 0 Å². The minimum atomic E-state index is -1.80. The molecule has 1 aromatic heterocycles. The van der Waals surface area contributed by atoms with Crippen LogP contribution in [-0.2, 0) is 16.1 Å². The molecule has 6 nitrogen and oxygen atoms in total. The Balaban J connectivity index is 2.21. The molecule has 0 aliphatic heterocycles. The predicted octanol–water partition coefficient (Wildman–Crippen LogP) is 2.88. The number of benzene rings is 2. The zero-order chi connectivity index (χ0) is 20.4. The number of carboxylic acids is 1. The SMILES string of the molecule is O=C(O)C(=O)/C=C(\O)c1cn(Cc2ccc(F)cc2)c2ccc(F)cc2c1=O. The lowest BCUT2D eigenvalue weighted by atomic mass is 10.1. The summed E-state index contributed by atoms with van der Waals surface area (Å²) in [5, 5.41) is 18.7. The van der Waals surface area contributed by atoms with E-state index in [2.05, 4.69) is 0 Å². The molecule has 2 N–H and O–H groups in total. The Morgan fingerprint density at radius 3 is 2.29 bits per heavy atom. The first-order chi connectivity index (χ1) is 13.3. The normalized spacial score (nSPS) is 11.6. The molecule has 8 heteroatoms. The molecule has 0 saturated heterocycles. The molecule has 3 rings (SSSR count). The highest BCUT2D eigenvalue weighted by molar-refractivity contribution is 6.38. The van der Waals surface area contributed by atoms with Crippen molar-refractivity contribution in [2.75, 3.05) is 0 Å². The van der Waals surface area contributed by atoms with Crippen LogP contribution in [0.25, 0.3) is 16.7 Å². The van der Waals surface area contributed by atoms with Crippen molar-refractivity contribution >= 4 is 28.4 Å². The van der Waals surface area contributed by atoms with E-state index in [0.717, 1.165) is 12.1 Å². The Kier molecular flexibility index (Phi) is 5.04. The third-order valence-electron chi connectivity index (χ3n) is 4.06. The maximum absolute atomic E-state index is 13.7. The summed E-state index contributed by atoms with van der Waals surface area (Å²) < 4.78 is 28.3. The van der Waals surface area contributed by atoms with E-state index in [1.165, 1.54) is 41.1 Å². The number of hydrogen-bond acceptors (Lipinski definition) is 4. The number of carbonyl (C=O) groups excluding carboxylic acids is 1. The molecule has 0 aliphatic carbocycles. The summed E-state index contributed by atoms with van der Waals surface area (Å²) in [6.07, 6.45) is 1.64. The zero-order valence-corrected chi connectivity index (χ0v) is 14.2. The van der Waals surface area contributed by atoms with E-state index in [9.17, 15) is 28.3 Å². The van der Waals surface area contributed by atoms with Gasteiger partial charge in [0.2, 0.25) is 0 Å². The van der Waals surface area contributed by atoms with Crippen molar-refractivity contribution in [3.05, 3.63) is 87.7 Å². The van der Waals surface area contributed by atoms with Gasteiger partial charge in [0.15, 0.2) is 5.43 Å². The van der Waals surface area contributed by atoms with Crippen LogP contribution in [0, 0.1) is 11.6 Å². The summed E-state index contributed by atoms with van der Waals surface area (Å²) >= 11 is 0. The second-order valence-electron chi connectivity index (χ2n) is 5.99. The molecule has 0 unspecified atom stereocenters. The number of nitrogens with zero attached hydrogens (tertiary/aromatic N) is 1. The first kappa shape index (κ1) is 19.0. The summed E-state index contributed by atoms with van der Waals surface area (Å²) in [4.78, 5) is 34.6. The van der Waals surface area contributed by atoms with Gasteiger partial charge in [0.25, 0.3) is 5.78 Å². The van der Waals surface area contributed by atoms with Gasteiger partial charge in [0.05, 0.1) is 11.1 Å². The number of aliphatic hydroxyl groups is 1. The number of aromatic nitrogens is 1. The first-order valence-corrected chi connectivity index (χ1v) is 8.01. The van der Waals surface area contributed by atoms with E-state index >= 15 is 0 Å². The van der Waals surface area contributed by atoms with Gasteiger partial charge in [-0.2, -0.15) is 0 Å². The number of pyridine rings is 1. The summed E-state index contributed by atoms with van der Waals surface area (Å²) in [5.41, 5.74) is -0.129. The Labute approximate surface area is 156 Å². The molecule has 0 saturated carbocycles. The molecule has 1 heterocycles. The zero-order valence-electron chi connectivity index (χ0n) is 14.2. The average Bonchev–Trinajstić information content (AvgIpc) is 2.65. The topological polar surface area (TPSA) is 96.6 Å². The number of carbonyl (C=O) groups is 2. The van der Waals surface area contributed by atoms with Crippen LogP contribution in [0.15, 0.2) is 59.5 Å². The number of fused-ring (bicyclic) bond motifs is 1. The minimum Gasteiger partial charge on any atom is -0.507 e. The van der Waals surface area contributed by atoms with Crippen molar-refractivity contribution in [2.24, 2.45) is 0 Å². The lowest BCUT2D eigenvalue weighted by Crippen LogP contribution is -2.17. The van der Waals surface area contributed by atoms with E-state index in [1.54, 1.807) is 0 Å². The van der Waals surface area contributed by atoms with Crippen LogP contribution < -0.4 is 5.43 Å². The maximum atomic E-state index is 13.7. The maximum Gasteiger partial charge on any atom is 0.376 e. The molecule has 0 amide bonds. The van der Waals surface area contributed by atoms with E-state index < -0.39 is 34.6 Å². The van der Waals surface area contributed by atoms with Crippen LogP contribution in [0.2, 0.25) is 0 Å². The summed E-state index contributed by atoms with van der Waals surface area (Å²) in [6.45, 7) is 0.149. The molecule has 0 fully saturated rings. The van der Waals surface area contributed by atoms with Crippen molar-refractivity contribution in [3.63, 3.8) is 0 Å². The smallest absolute Gasteiger partial charge is 0.376 e. The standard InChI is InChI=1S/C20H13F2NO5/c21-12-3-1-11(2-4-12)9-23-10-15(17(24)8-18(25)20(27)28)19(26)14-7-13(22)5-6-16(14)23/h1-8,10,24H,9H2,(H,27,28)/b17-8-. The minimum absolute atomic E-state index is 0.0673. The number of aliphatic carboxylic acids is 1. The molecule has 0 aliphatic rings. The fourth-order valence-corrected chi connectivity index (χ4v) is 2.73. The predicted molar refractivity (Wildman–Crippen MR) is 96.9 cm³/mol. The molecule has 3 aromatic rings. The lowest BCUT2D eigenvalue weighted by Gasteiger charge is -2.14. The van der Waals surface area contributed by atoms with Gasteiger partial charge in [-0.1, -0.05) is 12.1 Å². The van der Waals surface area contributed by atoms with Crippen molar-refractivity contribution in [3.8, 4) is 0 Å². The van der Waals surface area contributed by atoms with Gasteiger partial charge < -0.3 is 14.8 Å². The van der Waals surface area contributed by atoms with Gasteiger partial charge in [0, 0.05) is 24.2 Å². The molecule has 0 spiro atoms. The van der Waals surface area contributed by atoms with Gasteiger partial charge in [-0.15, -0.1) is 0 Å². The highest BCUT2D eigenvalue weighted by Crippen LogP contribution is 2.18. The van der Waals surface area contributed by atoms with E-state index in [4.69, 9.17) is 5.11 Å². The fraction of sp³-hybridized carbons (Fsp3) is 0.0500. The van der Waals surface area contributed by atoms with Crippen LogP contribution >= 0.6 is 0 Å². The van der Waals surface area contributed by atoms with Crippen LogP contribution in [-0.4, -0.2) is 26.5 Å². The van der Waals surface area contributed by atoms with E-state index in [-0.39, 0.29) is 17.5 Å². The highest BCUT2D eigenvalue weighted by Gasteiger charge is 2.16. The molecular weight excluding hydrogens is 372 g/mol. The molecule has 0 radical (unpaired) electrons. The van der Waals surface area contributed by atoms with Crippen molar-refractivity contribution in [1.29, 1.82) is 0 Å². The number of hydrogen-bond donors (Lipinski definition) is 2. The second-order valence-corrected chi connectivity index (χ2v) is 5.99. The van der Waals surface area contributed by atoms with Crippen LogP contribution in [0.3, 0.4) is 0 Å². The van der Waals surface area contributed by atoms with Crippen LogP contribution in [0.4, 0.5) is 8.78 Å². The Morgan fingerprint density at radius 2 is 1.64 bits per heavy atom. The second kappa shape index (κ2) is 7.43. The molecule has 142 valence electrons. The van der Waals surface area contributed by atoms with Gasteiger partial charge in [-0.3, -0.25) is 9.59 Å². The average molecular weight is 385 g/mol. The summed E-state index contributed by atoms with van der Waals surface area (Å²) in [7, 11) is 0. The highest BCUT2D eigenvalue weighted by atomic mass is 19.1. The summed E-state index contributed by atoms with van der Waals surface area (Å²) in [6, 6.07) is 9.06. The van der Waals surface area contributed by atoms with Gasteiger partial charge in [-0.25, -0.2) is 13.6 Å². The van der Waals surface area contributed by atoms with Gasteiger partial charge >= 0.3 is 5.97 Å². The Morgan fingerprint density at radius 1 is 1.00 bits per heavy atom. The molecule has 0 atom stereocenters. The van der Waals surface area contributed by atoms with Crippen LogP contribution in [0.1, 0.15) is 11.1 Å². The molecule has 0 bridgehead atoms. The van der Waals surface area contributed by atoms with Gasteiger partial charge in [0.1, 0.15) is 17.4 Å². The number of halogens is 2. The number of rotatable bonds is 5.